The second-order valence-electron chi connectivity index (χ2n) is 5.38. The Kier molecular flexibility index (Phi) is 5.46. The smallest absolute Gasteiger partial charge is 0.130 e. The first-order chi connectivity index (χ1) is 9.65. The molecule has 3 nitrogen and oxygen atoms in total. The number of nitrogens with zero attached hydrogens (tertiary/aromatic N) is 1. The Morgan fingerprint density at radius 2 is 2.25 bits per heavy atom. The van der Waals surface area contributed by atoms with Crippen molar-refractivity contribution in [3.63, 3.8) is 0 Å². The summed E-state index contributed by atoms with van der Waals surface area (Å²) in [5.74, 6) is -0.626. The van der Waals surface area contributed by atoms with Crippen LogP contribution < -0.4 is 5.73 Å². The first-order valence-electron chi connectivity index (χ1n) is 7.03. The Hall–Kier alpha value is -1.04. The molecule has 112 valence electrons. The molecule has 1 aromatic carbocycles. The van der Waals surface area contributed by atoms with Crippen LogP contribution in [0.5, 0.6) is 0 Å². The molecule has 0 radical (unpaired) electrons. The highest BCUT2D eigenvalue weighted by molar-refractivity contribution is 5.22. The molecule has 1 aliphatic rings. The van der Waals surface area contributed by atoms with Crippen LogP contribution >= 0.6 is 0 Å². The van der Waals surface area contributed by atoms with E-state index in [1.165, 1.54) is 12.1 Å². The van der Waals surface area contributed by atoms with Gasteiger partial charge in [0.2, 0.25) is 0 Å². The molecule has 2 atom stereocenters. The number of piperidine rings is 1. The van der Waals surface area contributed by atoms with Gasteiger partial charge in [-0.15, -0.1) is 0 Å². The van der Waals surface area contributed by atoms with Crippen LogP contribution in [0.4, 0.5) is 8.78 Å². The van der Waals surface area contributed by atoms with Gasteiger partial charge in [-0.25, -0.2) is 8.78 Å². The molecule has 2 N–H and O–H groups in total. The topological polar surface area (TPSA) is 38.5 Å². The van der Waals surface area contributed by atoms with E-state index in [-0.39, 0.29) is 6.04 Å². The molecule has 1 aromatic rings. The maximum Gasteiger partial charge on any atom is 0.130 e. The number of halogens is 2. The van der Waals surface area contributed by atoms with E-state index in [4.69, 9.17) is 10.5 Å². The number of hydrogen-bond donors (Lipinski definition) is 1. The van der Waals surface area contributed by atoms with E-state index in [1.807, 2.05) is 0 Å². The van der Waals surface area contributed by atoms with Gasteiger partial charge >= 0.3 is 0 Å². The zero-order valence-corrected chi connectivity index (χ0v) is 11.8. The lowest BCUT2D eigenvalue weighted by Gasteiger charge is -2.38. The molecule has 1 fully saturated rings. The molecule has 0 saturated carbocycles. The molecular weight excluding hydrogens is 262 g/mol. The molecule has 1 heterocycles. The predicted octanol–water partition coefficient (Wildman–Crippen LogP) is 2.32. The fourth-order valence-electron chi connectivity index (χ4n) is 3.00. The molecule has 1 saturated heterocycles. The number of methoxy groups -OCH3 is 1. The summed E-state index contributed by atoms with van der Waals surface area (Å²) in [6, 6.07) is 3.52. The highest BCUT2D eigenvalue weighted by Crippen LogP contribution is 2.28. The highest BCUT2D eigenvalue weighted by atomic mass is 19.1. The predicted molar refractivity (Wildman–Crippen MR) is 74.3 cm³/mol. The summed E-state index contributed by atoms with van der Waals surface area (Å²) < 4.78 is 32.2. The Morgan fingerprint density at radius 3 is 2.90 bits per heavy atom. The molecular formula is C15H22F2N2O. The quantitative estimate of drug-likeness (QED) is 0.902. The fraction of sp³-hybridized carbons (Fsp3) is 0.600. The molecule has 0 bridgehead atoms. The zero-order valence-electron chi connectivity index (χ0n) is 11.8. The van der Waals surface area contributed by atoms with Gasteiger partial charge in [0.1, 0.15) is 11.6 Å². The summed E-state index contributed by atoms with van der Waals surface area (Å²) in [7, 11) is 1.69. The minimum absolute atomic E-state index is 0.199. The zero-order chi connectivity index (χ0) is 14.5. The Balaban J connectivity index is 2.14. The number of hydrogen-bond acceptors (Lipinski definition) is 3. The van der Waals surface area contributed by atoms with Gasteiger partial charge in [-0.2, -0.15) is 0 Å². The summed E-state index contributed by atoms with van der Waals surface area (Å²) >= 11 is 0. The first kappa shape index (κ1) is 15.4. The molecule has 0 aliphatic carbocycles. The summed E-state index contributed by atoms with van der Waals surface area (Å²) in [6.45, 7) is 2.76. The molecule has 2 unspecified atom stereocenters. The van der Waals surface area contributed by atoms with Crippen molar-refractivity contribution >= 4 is 0 Å². The number of likely N-dealkylation sites (tertiary alicyclic amines) is 1. The maximum absolute atomic E-state index is 13.9. The van der Waals surface area contributed by atoms with Crippen LogP contribution in [0, 0.1) is 17.6 Å². The van der Waals surface area contributed by atoms with Crippen molar-refractivity contribution in [2.45, 2.75) is 18.9 Å². The summed E-state index contributed by atoms with van der Waals surface area (Å²) in [4.78, 5) is 2.18. The van der Waals surface area contributed by atoms with Crippen LogP contribution in [0.3, 0.4) is 0 Å². The van der Waals surface area contributed by atoms with Gasteiger partial charge in [0.15, 0.2) is 0 Å². The van der Waals surface area contributed by atoms with Crippen molar-refractivity contribution in [3.05, 3.63) is 35.4 Å². The van der Waals surface area contributed by atoms with Gasteiger partial charge in [0.05, 0.1) is 6.61 Å². The molecule has 0 amide bonds. The fourth-order valence-corrected chi connectivity index (χ4v) is 3.00. The van der Waals surface area contributed by atoms with Crippen molar-refractivity contribution in [3.8, 4) is 0 Å². The highest BCUT2D eigenvalue weighted by Gasteiger charge is 2.27. The number of ether oxygens (including phenoxy) is 1. The van der Waals surface area contributed by atoms with E-state index in [0.717, 1.165) is 32.0 Å². The summed E-state index contributed by atoms with van der Waals surface area (Å²) in [5, 5.41) is 0. The van der Waals surface area contributed by atoms with Crippen molar-refractivity contribution in [1.82, 2.24) is 4.90 Å². The third kappa shape index (κ3) is 3.53. The SMILES string of the molecule is COCC1CCCN(C(CN)c2ccc(F)cc2F)C1. The molecule has 1 aliphatic heterocycles. The Labute approximate surface area is 118 Å². The molecule has 0 aromatic heterocycles. The van der Waals surface area contributed by atoms with Crippen LogP contribution in [-0.2, 0) is 4.74 Å². The van der Waals surface area contributed by atoms with E-state index in [9.17, 15) is 8.78 Å². The van der Waals surface area contributed by atoms with E-state index >= 15 is 0 Å². The molecule has 20 heavy (non-hydrogen) atoms. The van der Waals surface area contributed by atoms with Gasteiger partial charge in [0.25, 0.3) is 0 Å². The number of nitrogens with two attached hydrogens (primary N) is 1. The van der Waals surface area contributed by atoms with Crippen LogP contribution in [0.2, 0.25) is 0 Å². The van der Waals surface area contributed by atoms with Crippen molar-refractivity contribution in [2.24, 2.45) is 11.7 Å². The van der Waals surface area contributed by atoms with Crippen molar-refractivity contribution in [1.29, 1.82) is 0 Å². The van der Waals surface area contributed by atoms with E-state index in [0.29, 0.717) is 24.6 Å². The monoisotopic (exact) mass is 284 g/mol. The standard InChI is InChI=1S/C15H22F2N2O/c1-20-10-11-3-2-6-19(9-11)15(8-18)13-5-4-12(16)7-14(13)17/h4-5,7,11,15H,2-3,6,8-10,18H2,1H3. The first-order valence-corrected chi connectivity index (χ1v) is 7.03. The van der Waals surface area contributed by atoms with Gasteiger partial charge in [-0.3, -0.25) is 4.90 Å². The van der Waals surface area contributed by atoms with E-state index in [2.05, 4.69) is 4.90 Å². The average molecular weight is 284 g/mol. The van der Waals surface area contributed by atoms with Crippen LogP contribution in [-0.4, -0.2) is 38.3 Å². The van der Waals surface area contributed by atoms with Crippen LogP contribution in [0.15, 0.2) is 18.2 Å². The number of rotatable bonds is 5. The Morgan fingerprint density at radius 1 is 1.45 bits per heavy atom. The van der Waals surface area contributed by atoms with E-state index < -0.39 is 11.6 Å². The average Bonchev–Trinajstić information content (AvgIpc) is 2.43. The lowest BCUT2D eigenvalue weighted by Crippen LogP contribution is -2.42. The summed E-state index contributed by atoms with van der Waals surface area (Å²) in [5.41, 5.74) is 6.31. The van der Waals surface area contributed by atoms with Gasteiger partial charge in [-0.05, 0) is 31.4 Å². The van der Waals surface area contributed by atoms with Crippen LogP contribution in [0.25, 0.3) is 0 Å². The van der Waals surface area contributed by atoms with E-state index in [1.54, 1.807) is 7.11 Å². The minimum atomic E-state index is -0.557. The molecule has 2 rings (SSSR count). The maximum atomic E-state index is 13.9. The minimum Gasteiger partial charge on any atom is -0.384 e. The van der Waals surface area contributed by atoms with Gasteiger partial charge in [-0.1, -0.05) is 6.07 Å². The summed E-state index contributed by atoms with van der Waals surface area (Å²) in [6.07, 6.45) is 2.17. The largest absolute Gasteiger partial charge is 0.384 e. The van der Waals surface area contributed by atoms with Gasteiger partial charge < -0.3 is 10.5 Å². The Bertz CT molecular complexity index is 440. The lowest BCUT2D eigenvalue weighted by atomic mass is 9.95. The van der Waals surface area contributed by atoms with Crippen molar-refractivity contribution < 1.29 is 13.5 Å². The molecule has 5 heteroatoms. The lowest BCUT2D eigenvalue weighted by molar-refractivity contribution is 0.0688. The third-order valence-corrected chi connectivity index (χ3v) is 3.94. The van der Waals surface area contributed by atoms with Crippen LogP contribution in [0.1, 0.15) is 24.4 Å². The second-order valence-corrected chi connectivity index (χ2v) is 5.38. The van der Waals surface area contributed by atoms with Crippen molar-refractivity contribution in [2.75, 3.05) is 33.4 Å². The second kappa shape index (κ2) is 7.11. The van der Waals surface area contributed by atoms with Gasteiger partial charge in [0, 0.05) is 37.9 Å². The molecule has 0 spiro atoms. The third-order valence-electron chi connectivity index (χ3n) is 3.94. The normalized spacial score (nSPS) is 21.9. The number of benzene rings is 1.